The minimum absolute atomic E-state index is 0.0338. The number of hydrogen-bond donors (Lipinski definition) is 0. The zero-order chi connectivity index (χ0) is 19.7. The Morgan fingerprint density at radius 3 is 2.52 bits per heavy atom. The van der Waals surface area contributed by atoms with Crippen molar-refractivity contribution in [3.63, 3.8) is 0 Å². The summed E-state index contributed by atoms with van der Waals surface area (Å²) in [5, 5.41) is 0. The van der Waals surface area contributed by atoms with E-state index in [0.717, 1.165) is 32.1 Å². The molecule has 0 unspecified atom stereocenters. The van der Waals surface area contributed by atoms with Gasteiger partial charge in [0.25, 0.3) is 0 Å². The van der Waals surface area contributed by atoms with Gasteiger partial charge in [0.2, 0.25) is 0 Å². The molecule has 0 aromatic rings. The van der Waals surface area contributed by atoms with Crippen molar-refractivity contribution in [1.82, 2.24) is 0 Å². The molecule has 4 aliphatic rings. The van der Waals surface area contributed by atoms with Crippen LogP contribution in [0, 0.1) is 28.6 Å². The summed E-state index contributed by atoms with van der Waals surface area (Å²) in [6.07, 6.45) is 7.11. The quantitative estimate of drug-likeness (QED) is 0.308. The lowest BCUT2D eigenvalue weighted by atomic mass is 9.47. The summed E-state index contributed by atoms with van der Waals surface area (Å²) in [5.41, 5.74) is 1.36. The van der Waals surface area contributed by atoms with E-state index in [1.165, 1.54) is 12.5 Å². The molecule has 4 rings (SSSR count). The highest BCUT2D eigenvalue weighted by molar-refractivity contribution is 9.12. The van der Waals surface area contributed by atoms with Crippen LogP contribution < -0.4 is 0 Å². The summed E-state index contributed by atoms with van der Waals surface area (Å²) in [4.78, 5) is 24.4. The minimum Gasteiger partial charge on any atom is -0.462 e. The van der Waals surface area contributed by atoms with E-state index in [9.17, 15) is 9.59 Å². The van der Waals surface area contributed by atoms with Gasteiger partial charge in [-0.3, -0.25) is 9.59 Å². The molecule has 0 spiro atoms. The van der Waals surface area contributed by atoms with Gasteiger partial charge in [0.05, 0.1) is 4.83 Å². The topological polar surface area (TPSA) is 43.4 Å². The van der Waals surface area contributed by atoms with E-state index in [2.05, 4.69) is 61.6 Å². The van der Waals surface area contributed by atoms with Crippen LogP contribution in [0.5, 0.6) is 0 Å². The average molecular weight is 567 g/mol. The molecule has 4 aliphatic carbocycles. The van der Waals surface area contributed by atoms with Gasteiger partial charge in [-0.15, -0.1) is 0 Å². The molecule has 0 radical (unpaired) electrons. The van der Waals surface area contributed by atoms with Crippen LogP contribution in [0.25, 0.3) is 0 Å². The zero-order valence-corrected chi connectivity index (χ0v) is 20.8. The molecule has 6 heteroatoms. The normalized spacial score (nSPS) is 51.7. The number of ether oxygens (including phenoxy) is 1. The van der Waals surface area contributed by atoms with Crippen molar-refractivity contribution in [3.8, 4) is 0 Å². The van der Waals surface area contributed by atoms with Crippen LogP contribution in [0.2, 0.25) is 0 Å². The number of carbonyl (C=O) groups excluding carboxylic acids is 2. The number of alkyl halides is 3. The van der Waals surface area contributed by atoms with Crippen molar-refractivity contribution in [3.05, 3.63) is 11.6 Å². The summed E-state index contributed by atoms with van der Waals surface area (Å²) in [7, 11) is 0. The van der Waals surface area contributed by atoms with Gasteiger partial charge < -0.3 is 4.74 Å². The lowest BCUT2D eigenvalue weighted by Gasteiger charge is -2.61. The van der Waals surface area contributed by atoms with Crippen molar-refractivity contribution < 1.29 is 14.3 Å². The second kappa shape index (κ2) is 6.94. The third-order valence-corrected chi connectivity index (χ3v) is 11.9. The van der Waals surface area contributed by atoms with Crippen LogP contribution >= 0.6 is 47.8 Å². The Hall–Kier alpha value is 0.320. The number of esters is 1. The van der Waals surface area contributed by atoms with Crippen LogP contribution in [0.15, 0.2) is 11.6 Å². The molecule has 27 heavy (non-hydrogen) atoms. The maximum atomic E-state index is 12.4. The number of carbonyl (C=O) groups is 2. The second-order valence-corrected chi connectivity index (χ2v) is 12.6. The fraction of sp³-hybridized carbons (Fsp3) is 0.810. The first-order valence-corrected chi connectivity index (χ1v) is 12.7. The Morgan fingerprint density at radius 1 is 1.15 bits per heavy atom. The monoisotopic (exact) mass is 564 g/mol. The molecule has 150 valence electrons. The van der Waals surface area contributed by atoms with Gasteiger partial charge in [-0.25, -0.2) is 0 Å². The second-order valence-electron chi connectivity index (χ2n) is 9.45. The van der Waals surface area contributed by atoms with E-state index in [-0.39, 0.29) is 38.3 Å². The Bertz CT molecular complexity index is 707. The molecule has 0 aromatic carbocycles. The molecular formula is C21H27Br3O3. The number of allylic oxidation sites excluding steroid dienone is 1. The SMILES string of the molecule is CC(=O)O[C@H]1CC[C@H]2[C@@H]3[C@H](Br)[C@@H](Br)C4=CC(=O)[C@H](Br)C[C@]4(C)[C@H]3CC[C@]12C. The van der Waals surface area contributed by atoms with Crippen molar-refractivity contribution >= 4 is 59.5 Å². The van der Waals surface area contributed by atoms with E-state index in [1.54, 1.807) is 0 Å². The fourth-order valence-electron chi connectivity index (χ4n) is 6.85. The number of halogens is 3. The van der Waals surface area contributed by atoms with Crippen molar-refractivity contribution in [2.45, 2.75) is 73.5 Å². The molecule has 9 atom stereocenters. The molecule has 0 saturated heterocycles. The number of hydrogen-bond acceptors (Lipinski definition) is 3. The summed E-state index contributed by atoms with van der Waals surface area (Å²) in [5.74, 6) is 1.63. The van der Waals surface area contributed by atoms with Gasteiger partial charge in [-0.05, 0) is 66.9 Å². The highest BCUT2D eigenvalue weighted by Gasteiger charge is 2.64. The molecule has 0 bridgehead atoms. The van der Waals surface area contributed by atoms with Gasteiger partial charge >= 0.3 is 5.97 Å². The molecular weight excluding hydrogens is 540 g/mol. The first kappa shape index (κ1) is 20.6. The van der Waals surface area contributed by atoms with Crippen LogP contribution in [0.3, 0.4) is 0 Å². The first-order valence-electron chi connectivity index (χ1n) is 9.95. The van der Waals surface area contributed by atoms with E-state index < -0.39 is 0 Å². The minimum atomic E-state index is -0.161. The number of rotatable bonds is 1. The Labute approximate surface area is 186 Å². The zero-order valence-electron chi connectivity index (χ0n) is 16.0. The van der Waals surface area contributed by atoms with E-state index in [0.29, 0.717) is 22.6 Å². The third kappa shape index (κ3) is 2.98. The maximum absolute atomic E-state index is 12.4. The van der Waals surface area contributed by atoms with Crippen LogP contribution in [-0.2, 0) is 14.3 Å². The summed E-state index contributed by atoms with van der Waals surface area (Å²) < 4.78 is 5.76. The molecule has 3 fully saturated rings. The molecule has 3 nitrogen and oxygen atoms in total. The Kier molecular flexibility index (Phi) is 5.29. The van der Waals surface area contributed by atoms with Gasteiger partial charge in [-0.1, -0.05) is 61.6 Å². The molecule has 0 aliphatic heterocycles. The van der Waals surface area contributed by atoms with E-state index in [4.69, 9.17) is 4.74 Å². The number of fused-ring (bicyclic) bond motifs is 5. The largest absolute Gasteiger partial charge is 0.462 e. The van der Waals surface area contributed by atoms with E-state index in [1.807, 2.05) is 6.08 Å². The van der Waals surface area contributed by atoms with Crippen molar-refractivity contribution in [2.75, 3.05) is 0 Å². The third-order valence-electron chi connectivity index (χ3n) is 8.19. The van der Waals surface area contributed by atoms with Gasteiger partial charge in [-0.2, -0.15) is 0 Å². The summed E-state index contributed by atoms with van der Waals surface area (Å²) in [6, 6.07) is 0. The molecule has 3 saturated carbocycles. The van der Waals surface area contributed by atoms with Gasteiger partial charge in [0.1, 0.15) is 6.10 Å². The average Bonchev–Trinajstić information content (AvgIpc) is 2.91. The highest BCUT2D eigenvalue weighted by atomic mass is 79.9. The lowest BCUT2D eigenvalue weighted by Crippen LogP contribution is -2.59. The van der Waals surface area contributed by atoms with Gasteiger partial charge in [0.15, 0.2) is 5.78 Å². The number of ketones is 1. The Balaban J connectivity index is 1.72. The predicted molar refractivity (Wildman–Crippen MR) is 117 cm³/mol. The first-order chi connectivity index (χ1) is 12.6. The van der Waals surface area contributed by atoms with E-state index >= 15 is 0 Å². The summed E-state index contributed by atoms with van der Waals surface area (Å²) in [6.45, 7) is 6.23. The molecule has 0 aromatic heterocycles. The molecule has 0 N–H and O–H groups in total. The Morgan fingerprint density at radius 2 is 1.85 bits per heavy atom. The smallest absolute Gasteiger partial charge is 0.302 e. The van der Waals surface area contributed by atoms with Gasteiger partial charge in [0, 0.05) is 22.0 Å². The highest BCUT2D eigenvalue weighted by Crippen LogP contribution is 2.67. The van der Waals surface area contributed by atoms with Crippen LogP contribution in [-0.4, -0.2) is 32.3 Å². The standard InChI is InChI=1S/C21H27Br3O3/c1-10(25)27-16-5-4-11-17-12(6-7-20(11,16)2)21(3)9-14(22)15(26)8-13(21)18(23)19(17)24/h8,11-12,14,16-19H,4-7,9H2,1-3H3/t11-,12-,14+,16-,17-,18-,19-,20-,21+/m0/s1. The maximum Gasteiger partial charge on any atom is 0.302 e. The molecule has 0 amide bonds. The van der Waals surface area contributed by atoms with Crippen LogP contribution in [0.4, 0.5) is 0 Å². The summed E-state index contributed by atoms with van der Waals surface area (Å²) >= 11 is 11.6. The molecule has 0 heterocycles. The fourth-order valence-corrected chi connectivity index (χ4v) is 9.69. The van der Waals surface area contributed by atoms with Crippen LogP contribution in [0.1, 0.15) is 52.9 Å². The van der Waals surface area contributed by atoms with Crippen molar-refractivity contribution in [2.24, 2.45) is 28.6 Å². The van der Waals surface area contributed by atoms with Crippen molar-refractivity contribution in [1.29, 1.82) is 0 Å². The lowest BCUT2D eigenvalue weighted by molar-refractivity contribution is -0.156. The predicted octanol–water partition coefficient (Wildman–Crippen LogP) is 5.57.